The standard InChI is InChI=1S/C22H29NO5/c1-14(2)28-13-16-11-19(25-3)21(20(12-16)26-4)17-8-6-15(7-9-17)10-18(23)22(24)27-5/h6-9,11-12,14,18H,10,13,23H2,1-5H3. The number of benzene rings is 2. The molecule has 2 aromatic rings. The molecule has 0 amide bonds. The van der Waals surface area contributed by atoms with Gasteiger partial charge in [-0.15, -0.1) is 0 Å². The van der Waals surface area contributed by atoms with Gasteiger partial charge in [-0.3, -0.25) is 4.79 Å². The predicted molar refractivity (Wildman–Crippen MR) is 109 cm³/mol. The third-order valence-electron chi connectivity index (χ3n) is 4.35. The Hall–Kier alpha value is -2.57. The van der Waals surface area contributed by atoms with E-state index in [0.717, 1.165) is 22.3 Å². The molecule has 0 aliphatic rings. The van der Waals surface area contributed by atoms with Crippen LogP contribution < -0.4 is 15.2 Å². The molecule has 152 valence electrons. The molecule has 28 heavy (non-hydrogen) atoms. The fourth-order valence-corrected chi connectivity index (χ4v) is 2.89. The third kappa shape index (κ3) is 5.47. The summed E-state index contributed by atoms with van der Waals surface area (Å²) in [5.41, 5.74) is 9.57. The van der Waals surface area contributed by atoms with E-state index >= 15 is 0 Å². The molecular formula is C22H29NO5. The van der Waals surface area contributed by atoms with Crippen LogP contribution in [0.15, 0.2) is 36.4 Å². The summed E-state index contributed by atoms with van der Waals surface area (Å²) in [5, 5.41) is 0. The second-order valence-electron chi connectivity index (χ2n) is 6.77. The Balaban J connectivity index is 2.31. The normalized spacial score (nSPS) is 12.0. The van der Waals surface area contributed by atoms with Gasteiger partial charge in [0, 0.05) is 0 Å². The molecule has 0 fully saturated rings. The maximum atomic E-state index is 11.5. The Morgan fingerprint density at radius 3 is 2.00 bits per heavy atom. The Morgan fingerprint density at radius 1 is 0.964 bits per heavy atom. The number of carbonyl (C=O) groups is 1. The van der Waals surface area contributed by atoms with Gasteiger partial charge in [0.25, 0.3) is 0 Å². The lowest BCUT2D eigenvalue weighted by molar-refractivity contribution is -0.142. The predicted octanol–water partition coefficient (Wildman–Crippen LogP) is 3.34. The average Bonchev–Trinajstić information content (AvgIpc) is 2.71. The number of rotatable bonds is 9. The highest BCUT2D eigenvalue weighted by Crippen LogP contribution is 2.40. The van der Waals surface area contributed by atoms with Crippen molar-refractivity contribution >= 4 is 5.97 Å². The number of ether oxygens (including phenoxy) is 4. The van der Waals surface area contributed by atoms with Crippen LogP contribution in [-0.2, 0) is 27.3 Å². The molecule has 0 bridgehead atoms. The molecule has 0 saturated carbocycles. The Bertz CT molecular complexity index is 761. The molecule has 1 unspecified atom stereocenters. The molecule has 0 heterocycles. The summed E-state index contributed by atoms with van der Waals surface area (Å²) in [6.45, 7) is 4.47. The van der Waals surface area contributed by atoms with Crippen LogP contribution in [0.25, 0.3) is 11.1 Å². The highest BCUT2D eigenvalue weighted by atomic mass is 16.5. The number of nitrogens with two attached hydrogens (primary N) is 1. The smallest absolute Gasteiger partial charge is 0.322 e. The summed E-state index contributed by atoms with van der Waals surface area (Å²) in [4.78, 5) is 11.5. The first-order chi connectivity index (χ1) is 13.4. The van der Waals surface area contributed by atoms with Crippen LogP contribution >= 0.6 is 0 Å². The van der Waals surface area contributed by atoms with Crippen molar-refractivity contribution in [3.05, 3.63) is 47.5 Å². The fraction of sp³-hybridized carbons (Fsp3) is 0.409. The topological polar surface area (TPSA) is 80.0 Å². The maximum absolute atomic E-state index is 11.5. The minimum atomic E-state index is -0.680. The van der Waals surface area contributed by atoms with E-state index in [-0.39, 0.29) is 6.10 Å². The van der Waals surface area contributed by atoms with Gasteiger partial charge in [0.1, 0.15) is 17.5 Å². The summed E-state index contributed by atoms with van der Waals surface area (Å²) in [6.07, 6.45) is 0.549. The van der Waals surface area contributed by atoms with Gasteiger partial charge in [-0.25, -0.2) is 0 Å². The monoisotopic (exact) mass is 387 g/mol. The third-order valence-corrected chi connectivity index (χ3v) is 4.35. The highest BCUT2D eigenvalue weighted by Gasteiger charge is 2.17. The van der Waals surface area contributed by atoms with Crippen LogP contribution in [-0.4, -0.2) is 39.4 Å². The van der Waals surface area contributed by atoms with Crippen molar-refractivity contribution in [2.75, 3.05) is 21.3 Å². The molecule has 0 aliphatic heterocycles. The molecule has 6 heteroatoms. The molecule has 0 spiro atoms. The zero-order chi connectivity index (χ0) is 20.7. The van der Waals surface area contributed by atoms with Gasteiger partial charge in [-0.1, -0.05) is 24.3 Å². The largest absolute Gasteiger partial charge is 0.496 e. The second kappa shape index (κ2) is 10.1. The summed E-state index contributed by atoms with van der Waals surface area (Å²) in [5.74, 6) is 0.994. The zero-order valence-corrected chi connectivity index (χ0v) is 17.2. The quantitative estimate of drug-likeness (QED) is 0.665. The Kier molecular flexibility index (Phi) is 7.84. The molecule has 2 rings (SSSR count). The van der Waals surface area contributed by atoms with E-state index in [2.05, 4.69) is 4.74 Å². The lowest BCUT2D eigenvalue weighted by Gasteiger charge is -2.17. The molecular weight excluding hydrogens is 358 g/mol. The molecule has 1 atom stereocenters. The van der Waals surface area contributed by atoms with E-state index in [0.29, 0.717) is 24.5 Å². The van der Waals surface area contributed by atoms with Gasteiger partial charge >= 0.3 is 5.97 Å². The molecule has 0 aliphatic carbocycles. The number of methoxy groups -OCH3 is 3. The first kappa shape index (κ1) is 21.7. The first-order valence-corrected chi connectivity index (χ1v) is 9.18. The second-order valence-corrected chi connectivity index (χ2v) is 6.77. The van der Waals surface area contributed by atoms with E-state index in [4.69, 9.17) is 19.9 Å². The minimum Gasteiger partial charge on any atom is -0.496 e. The fourth-order valence-electron chi connectivity index (χ4n) is 2.89. The summed E-state index contributed by atoms with van der Waals surface area (Å²) in [7, 11) is 4.60. The lowest BCUT2D eigenvalue weighted by Crippen LogP contribution is -2.33. The van der Waals surface area contributed by atoms with Crippen molar-refractivity contribution in [2.45, 2.75) is 39.0 Å². The van der Waals surface area contributed by atoms with Gasteiger partial charge in [-0.2, -0.15) is 0 Å². The molecule has 0 radical (unpaired) electrons. The Morgan fingerprint density at radius 2 is 1.54 bits per heavy atom. The molecule has 0 aromatic heterocycles. The number of hydrogen-bond acceptors (Lipinski definition) is 6. The minimum absolute atomic E-state index is 0.139. The van der Waals surface area contributed by atoms with Gasteiger partial charge < -0.3 is 24.7 Å². The average molecular weight is 387 g/mol. The number of carbonyl (C=O) groups excluding carboxylic acids is 1. The van der Waals surface area contributed by atoms with Crippen molar-refractivity contribution in [2.24, 2.45) is 5.73 Å². The summed E-state index contributed by atoms with van der Waals surface area (Å²) < 4.78 is 21.6. The molecule has 6 nitrogen and oxygen atoms in total. The van der Waals surface area contributed by atoms with Crippen molar-refractivity contribution in [1.82, 2.24) is 0 Å². The van der Waals surface area contributed by atoms with E-state index in [9.17, 15) is 4.79 Å². The molecule has 2 aromatic carbocycles. The van der Waals surface area contributed by atoms with Gasteiger partial charge in [0.05, 0.1) is 39.6 Å². The number of hydrogen-bond donors (Lipinski definition) is 1. The van der Waals surface area contributed by atoms with E-state index in [1.165, 1.54) is 7.11 Å². The zero-order valence-electron chi connectivity index (χ0n) is 17.2. The van der Waals surface area contributed by atoms with Crippen molar-refractivity contribution in [1.29, 1.82) is 0 Å². The van der Waals surface area contributed by atoms with Crippen molar-refractivity contribution < 1.29 is 23.7 Å². The van der Waals surface area contributed by atoms with Crippen LogP contribution in [0.3, 0.4) is 0 Å². The molecule has 0 saturated heterocycles. The lowest BCUT2D eigenvalue weighted by atomic mass is 9.98. The van der Waals surface area contributed by atoms with Crippen molar-refractivity contribution in [3.8, 4) is 22.6 Å². The van der Waals surface area contributed by atoms with Gasteiger partial charge in [-0.05, 0) is 49.1 Å². The van der Waals surface area contributed by atoms with Crippen molar-refractivity contribution in [3.63, 3.8) is 0 Å². The van der Waals surface area contributed by atoms with Crippen LogP contribution in [0.4, 0.5) is 0 Å². The van der Waals surface area contributed by atoms with Gasteiger partial charge in [0.2, 0.25) is 0 Å². The highest BCUT2D eigenvalue weighted by molar-refractivity contribution is 5.78. The van der Waals surface area contributed by atoms with E-state index in [1.54, 1.807) is 14.2 Å². The Labute approximate surface area is 166 Å². The first-order valence-electron chi connectivity index (χ1n) is 9.18. The SMILES string of the molecule is COC(=O)C(N)Cc1ccc(-c2c(OC)cc(COC(C)C)cc2OC)cc1. The summed E-state index contributed by atoms with van der Waals surface area (Å²) in [6, 6.07) is 11.0. The van der Waals surface area contributed by atoms with E-state index in [1.807, 2.05) is 50.2 Å². The van der Waals surface area contributed by atoms with E-state index < -0.39 is 12.0 Å². The van der Waals surface area contributed by atoms with Crippen LogP contribution in [0, 0.1) is 0 Å². The van der Waals surface area contributed by atoms with Crippen LogP contribution in [0.2, 0.25) is 0 Å². The van der Waals surface area contributed by atoms with Crippen LogP contribution in [0.1, 0.15) is 25.0 Å². The van der Waals surface area contributed by atoms with Gasteiger partial charge in [0.15, 0.2) is 0 Å². The summed E-state index contributed by atoms with van der Waals surface area (Å²) >= 11 is 0. The maximum Gasteiger partial charge on any atom is 0.322 e. The molecule has 2 N–H and O–H groups in total. The van der Waals surface area contributed by atoms with Crippen LogP contribution in [0.5, 0.6) is 11.5 Å². The number of esters is 1.